The lowest BCUT2D eigenvalue weighted by atomic mass is 10.1. The van der Waals surface area contributed by atoms with Crippen LogP contribution in [-0.2, 0) is 13.5 Å². The monoisotopic (exact) mass is 349 g/mol. The van der Waals surface area contributed by atoms with Gasteiger partial charge in [-0.3, -0.25) is 4.98 Å². The molecule has 0 spiro atoms. The molecule has 1 atom stereocenters. The van der Waals surface area contributed by atoms with Gasteiger partial charge in [-0.1, -0.05) is 36.4 Å². The first-order valence-corrected chi connectivity index (χ1v) is 8.61. The summed E-state index contributed by atoms with van der Waals surface area (Å²) in [4.78, 5) is 21.1. The average molecular weight is 349 g/mol. The lowest BCUT2D eigenvalue weighted by Crippen LogP contribution is -2.40. The normalized spacial score (nSPS) is 11.8. The summed E-state index contributed by atoms with van der Waals surface area (Å²) >= 11 is 0. The van der Waals surface area contributed by atoms with Gasteiger partial charge in [-0.15, -0.1) is 0 Å². The number of rotatable bonds is 6. The second-order valence-corrected chi connectivity index (χ2v) is 6.20. The minimum Gasteiger partial charge on any atom is -0.338 e. The number of nitrogens with zero attached hydrogens (tertiary/aromatic N) is 3. The Hall–Kier alpha value is -3.15. The van der Waals surface area contributed by atoms with Crippen LogP contribution in [0.25, 0.3) is 0 Å². The van der Waals surface area contributed by atoms with Gasteiger partial charge in [0, 0.05) is 37.9 Å². The molecule has 3 rings (SSSR count). The lowest BCUT2D eigenvalue weighted by Gasteiger charge is -2.19. The van der Waals surface area contributed by atoms with E-state index in [1.165, 1.54) is 0 Å². The summed E-state index contributed by atoms with van der Waals surface area (Å²) in [5, 5.41) is 5.94. The first-order chi connectivity index (χ1) is 12.6. The molecule has 1 aromatic carbocycles. The predicted octanol–water partition coefficient (Wildman–Crippen LogP) is 2.75. The van der Waals surface area contributed by atoms with Gasteiger partial charge in [-0.25, -0.2) is 9.78 Å². The van der Waals surface area contributed by atoms with Crippen molar-refractivity contribution >= 4 is 6.03 Å². The summed E-state index contributed by atoms with van der Waals surface area (Å²) in [6.07, 6.45) is 6.18. The fraction of sp³-hybridized carbons (Fsp3) is 0.250. The molecular weight excluding hydrogens is 326 g/mol. The van der Waals surface area contributed by atoms with Crippen LogP contribution in [0.5, 0.6) is 0 Å². The highest BCUT2D eigenvalue weighted by molar-refractivity contribution is 5.74. The Morgan fingerprint density at radius 3 is 2.62 bits per heavy atom. The predicted molar refractivity (Wildman–Crippen MR) is 101 cm³/mol. The summed E-state index contributed by atoms with van der Waals surface area (Å²) in [6, 6.07) is 13.3. The van der Waals surface area contributed by atoms with Crippen molar-refractivity contribution in [2.75, 3.05) is 6.54 Å². The Morgan fingerprint density at radius 1 is 1.15 bits per heavy atom. The van der Waals surface area contributed by atoms with Crippen molar-refractivity contribution in [2.45, 2.75) is 19.4 Å². The summed E-state index contributed by atoms with van der Waals surface area (Å²) in [6.45, 7) is 2.50. The third-order valence-electron chi connectivity index (χ3n) is 4.20. The lowest BCUT2D eigenvalue weighted by molar-refractivity contribution is 0.238. The Kier molecular flexibility index (Phi) is 5.63. The van der Waals surface area contributed by atoms with Gasteiger partial charge in [0.2, 0.25) is 0 Å². The maximum Gasteiger partial charge on any atom is 0.315 e. The van der Waals surface area contributed by atoms with Crippen LogP contribution in [0.1, 0.15) is 28.7 Å². The molecule has 0 aliphatic carbocycles. The van der Waals surface area contributed by atoms with E-state index in [-0.39, 0.29) is 12.1 Å². The molecule has 0 radical (unpaired) electrons. The van der Waals surface area contributed by atoms with Gasteiger partial charge in [0.15, 0.2) is 0 Å². The van der Waals surface area contributed by atoms with Crippen LogP contribution in [0.3, 0.4) is 0 Å². The molecule has 0 aliphatic heterocycles. The molecule has 6 nitrogen and oxygen atoms in total. The standard InChI is InChI=1S/C20H23N5O/c1-15-8-9-16(14-23-15)10-11-22-20(26)24-18(17-6-4-3-5-7-17)19-21-12-13-25(19)2/h3-9,12-14,18H,10-11H2,1-2H3,(H2,22,24,26)/t18-/m0/s1. The molecule has 2 amide bonds. The van der Waals surface area contributed by atoms with Crippen LogP contribution >= 0.6 is 0 Å². The van der Waals surface area contributed by atoms with Crippen molar-refractivity contribution in [3.8, 4) is 0 Å². The Balaban J connectivity index is 1.62. The maximum atomic E-state index is 12.4. The SMILES string of the molecule is Cc1ccc(CCNC(=O)N[C@@H](c2ccccc2)c2nccn2C)cn1. The summed E-state index contributed by atoms with van der Waals surface area (Å²) in [7, 11) is 1.92. The van der Waals surface area contributed by atoms with Crippen molar-refractivity contribution < 1.29 is 4.79 Å². The van der Waals surface area contributed by atoms with E-state index in [0.717, 1.165) is 29.1 Å². The zero-order chi connectivity index (χ0) is 18.4. The number of carbonyl (C=O) groups is 1. The molecule has 0 bridgehead atoms. The molecule has 6 heteroatoms. The van der Waals surface area contributed by atoms with Gasteiger partial charge in [0.05, 0.1) is 0 Å². The van der Waals surface area contributed by atoms with Gasteiger partial charge in [-0.2, -0.15) is 0 Å². The first-order valence-electron chi connectivity index (χ1n) is 8.61. The average Bonchev–Trinajstić information content (AvgIpc) is 3.08. The van der Waals surface area contributed by atoms with Gasteiger partial charge < -0.3 is 15.2 Å². The van der Waals surface area contributed by atoms with Crippen LogP contribution in [0.4, 0.5) is 4.79 Å². The van der Waals surface area contributed by atoms with E-state index in [1.807, 2.05) is 73.4 Å². The van der Waals surface area contributed by atoms with Crippen LogP contribution in [0, 0.1) is 6.92 Å². The minimum absolute atomic E-state index is 0.220. The van der Waals surface area contributed by atoms with Gasteiger partial charge >= 0.3 is 6.03 Å². The van der Waals surface area contributed by atoms with Crippen LogP contribution in [0.15, 0.2) is 61.1 Å². The molecule has 2 heterocycles. The Morgan fingerprint density at radius 2 is 1.96 bits per heavy atom. The zero-order valence-electron chi connectivity index (χ0n) is 15.0. The van der Waals surface area contributed by atoms with Gasteiger partial charge in [0.1, 0.15) is 11.9 Å². The molecule has 134 valence electrons. The summed E-state index contributed by atoms with van der Waals surface area (Å²) < 4.78 is 1.91. The molecule has 26 heavy (non-hydrogen) atoms. The highest BCUT2D eigenvalue weighted by Crippen LogP contribution is 2.19. The second kappa shape index (κ2) is 8.29. The number of imidazole rings is 1. The van der Waals surface area contributed by atoms with Crippen LogP contribution in [0.2, 0.25) is 0 Å². The van der Waals surface area contributed by atoms with Crippen LogP contribution in [-0.4, -0.2) is 27.1 Å². The number of nitrogens with one attached hydrogen (secondary N) is 2. The van der Waals surface area contributed by atoms with E-state index in [2.05, 4.69) is 20.6 Å². The first kappa shape index (κ1) is 17.7. The summed E-state index contributed by atoms with van der Waals surface area (Å²) in [5.74, 6) is 0.786. The number of hydrogen-bond donors (Lipinski definition) is 2. The molecule has 0 unspecified atom stereocenters. The van der Waals surface area contributed by atoms with Crippen molar-refractivity contribution in [1.29, 1.82) is 0 Å². The second-order valence-electron chi connectivity index (χ2n) is 6.20. The van der Waals surface area contributed by atoms with Crippen molar-refractivity contribution in [1.82, 2.24) is 25.2 Å². The van der Waals surface area contributed by atoms with Gasteiger partial charge in [0.25, 0.3) is 0 Å². The highest BCUT2D eigenvalue weighted by Gasteiger charge is 2.20. The third-order valence-corrected chi connectivity index (χ3v) is 4.20. The van der Waals surface area contributed by atoms with E-state index >= 15 is 0 Å². The maximum absolute atomic E-state index is 12.4. The number of aryl methyl sites for hydroxylation is 2. The molecule has 2 aromatic heterocycles. The smallest absolute Gasteiger partial charge is 0.315 e. The number of urea groups is 1. The number of pyridine rings is 1. The van der Waals surface area contributed by atoms with E-state index in [9.17, 15) is 4.79 Å². The van der Waals surface area contributed by atoms with Crippen molar-refractivity contribution in [3.63, 3.8) is 0 Å². The van der Waals surface area contributed by atoms with E-state index in [4.69, 9.17) is 0 Å². The molecular formula is C20H23N5O. The zero-order valence-corrected chi connectivity index (χ0v) is 15.0. The quantitative estimate of drug-likeness (QED) is 0.719. The molecule has 2 N–H and O–H groups in total. The molecule has 3 aromatic rings. The fourth-order valence-corrected chi connectivity index (χ4v) is 2.75. The number of hydrogen-bond acceptors (Lipinski definition) is 3. The fourth-order valence-electron chi connectivity index (χ4n) is 2.75. The topological polar surface area (TPSA) is 71.8 Å². The van der Waals surface area contributed by atoms with E-state index in [0.29, 0.717) is 6.54 Å². The Labute approximate surface area is 153 Å². The molecule has 0 aliphatic rings. The van der Waals surface area contributed by atoms with Gasteiger partial charge in [-0.05, 0) is 30.5 Å². The van der Waals surface area contributed by atoms with E-state index in [1.54, 1.807) is 6.20 Å². The number of carbonyl (C=O) groups excluding carboxylic acids is 1. The molecule has 0 saturated carbocycles. The minimum atomic E-state index is -0.308. The summed E-state index contributed by atoms with van der Waals surface area (Å²) in [5.41, 5.74) is 3.07. The van der Waals surface area contributed by atoms with E-state index < -0.39 is 0 Å². The highest BCUT2D eigenvalue weighted by atomic mass is 16.2. The molecule has 0 saturated heterocycles. The number of benzene rings is 1. The van der Waals surface area contributed by atoms with Crippen molar-refractivity contribution in [3.05, 3.63) is 83.7 Å². The number of amides is 2. The Bertz CT molecular complexity index is 842. The largest absolute Gasteiger partial charge is 0.338 e. The third kappa shape index (κ3) is 4.47. The number of aromatic nitrogens is 3. The van der Waals surface area contributed by atoms with Crippen molar-refractivity contribution in [2.24, 2.45) is 7.05 Å². The van der Waals surface area contributed by atoms with Crippen LogP contribution < -0.4 is 10.6 Å². The molecule has 0 fully saturated rings.